The van der Waals surface area contributed by atoms with E-state index in [1.807, 2.05) is 0 Å². The molecule has 2 rings (SSSR count). The Bertz CT molecular complexity index is 337. The normalized spacial score (nSPS) is 27.5. The van der Waals surface area contributed by atoms with Crippen molar-refractivity contribution in [2.75, 3.05) is 13.1 Å². The molecule has 0 saturated heterocycles. The minimum absolute atomic E-state index is 0. The van der Waals surface area contributed by atoms with Gasteiger partial charge in [-0.25, -0.2) is 0 Å². The molecule has 0 aromatic heterocycles. The van der Waals surface area contributed by atoms with Gasteiger partial charge in [-0.05, 0) is 57.8 Å². The van der Waals surface area contributed by atoms with Crippen LogP contribution in [0.15, 0.2) is 4.99 Å². The summed E-state index contributed by atoms with van der Waals surface area (Å²) in [4.78, 5) is 4.60. The van der Waals surface area contributed by atoms with E-state index in [1.165, 1.54) is 38.5 Å². The van der Waals surface area contributed by atoms with Gasteiger partial charge in [0.1, 0.15) is 0 Å². The summed E-state index contributed by atoms with van der Waals surface area (Å²) in [6.07, 6.45) is 10.8. The van der Waals surface area contributed by atoms with Crippen molar-refractivity contribution in [3.8, 4) is 0 Å². The number of rotatable bonds is 6. The molecule has 0 unspecified atom stereocenters. The highest BCUT2D eigenvalue weighted by Crippen LogP contribution is 2.31. The summed E-state index contributed by atoms with van der Waals surface area (Å²) >= 11 is 0. The van der Waals surface area contributed by atoms with Gasteiger partial charge in [-0.2, -0.15) is 0 Å². The maximum atomic E-state index is 10.2. The van der Waals surface area contributed by atoms with Crippen LogP contribution < -0.4 is 10.6 Å². The van der Waals surface area contributed by atoms with Gasteiger partial charge in [0.15, 0.2) is 5.96 Å². The molecule has 0 radical (unpaired) electrons. The Balaban J connectivity index is 0.00000242. The molecule has 5 heteroatoms. The summed E-state index contributed by atoms with van der Waals surface area (Å²) in [5.41, 5.74) is -0.527. The molecule has 2 saturated carbocycles. The zero-order valence-electron chi connectivity index (χ0n) is 14.2. The van der Waals surface area contributed by atoms with E-state index < -0.39 is 5.60 Å². The fourth-order valence-electron chi connectivity index (χ4n) is 3.49. The zero-order chi connectivity index (χ0) is 15.1. The second kappa shape index (κ2) is 9.96. The Hall–Kier alpha value is -0.0400. The van der Waals surface area contributed by atoms with Crippen molar-refractivity contribution in [1.82, 2.24) is 10.6 Å². The van der Waals surface area contributed by atoms with E-state index in [-0.39, 0.29) is 24.0 Å². The molecule has 0 spiro atoms. The first-order valence-electron chi connectivity index (χ1n) is 8.92. The summed E-state index contributed by atoms with van der Waals surface area (Å²) in [6, 6.07) is 0.548. The van der Waals surface area contributed by atoms with Gasteiger partial charge < -0.3 is 15.7 Å². The minimum Gasteiger partial charge on any atom is -0.388 e. The van der Waals surface area contributed by atoms with Crippen LogP contribution in [0, 0.1) is 5.92 Å². The van der Waals surface area contributed by atoms with Gasteiger partial charge in [0.05, 0.1) is 12.1 Å². The van der Waals surface area contributed by atoms with Crippen LogP contribution in [0.5, 0.6) is 0 Å². The summed E-state index contributed by atoms with van der Waals surface area (Å²) in [7, 11) is 0. The van der Waals surface area contributed by atoms with E-state index in [4.69, 9.17) is 0 Å². The van der Waals surface area contributed by atoms with E-state index in [1.54, 1.807) is 0 Å². The molecule has 2 fully saturated rings. The first kappa shape index (κ1) is 20.0. The second-order valence-electron chi connectivity index (χ2n) is 6.92. The third kappa shape index (κ3) is 6.22. The summed E-state index contributed by atoms with van der Waals surface area (Å²) in [6.45, 7) is 5.78. The van der Waals surface area contributed by atoms with Crippen molar-refractivity contribution in [3.63, 3.8) is 0 Å². The number of halogens is 1. The Kier molecular flexibility index (Phi) is 9.05. The molecular formula is C17H34IN3O. The van der Waals surface area contributed by atoms with E-state index >= 15 is 0 Å². The van der Waals surface area contributed by atoms with Crippen molar-refractivity contribution in [2.24, 2.45) is 10.9 Å². The smallest absolute Gasteiger partial charge is 0.191 e. The molecule has 2 aliphatic rings. The lowest BCUT2D eigenvalue weighted by atomic mass is 9.80. The zero-order valence-corrected chi connectivity index (χ0v) is 16.6. The molecule has 0 aromatic rings. The quantitative estimate of drug-likeness (QED) is 0.349. The fourth-order valence-corrected chi connectivity index (χ4v) is 3.49. The number of hydrogen-bond donors (Lipinski definition) is 3. The molecule has 0 heterocycles. The maximum absolute atomic E-state index is 10.2. The van der Waals surface area contributed by atoms with Crippen molar-refractivity contribution < 1.29 is 5.11 Å². The van der Waals surface area contributed by atoms with Crippen LogP contribution in [0.25, 0.3) is 0 Å². The van der Waals surface area contributed by atoms with Crippen molar-refractivity contribution >= 4 is 29.9 Å². The fraction of sp³-hybridized carbons (Fsp3) is 0.941. The van der Waals surface area contributed by atoms with Crippen LogP contribution in [0.1, 0.15) is 71.6 Å². The molecule has 0 amide bonds. The summed E-state index contributed by atoms with van der Waals surface area (Å²) < 4.78 is 0. The Morgan fingerprint density at radius 2 is 1.86 bits per heavy atom. The number of aliphatic hydroxyl groups is 1. The van der Waals surface area contributed by atoms with Crippen molar-refractivity contribution in [1.29, 1.82) is 0 Å². The third-order valence-corrected chi connectivity index (χ3v) is 5.04. The predicted octanol–water partition coefficient (Wildman–Crippen LogP) is 3.43. The molecule has 0 atom stereocenters. The van der Waals surface area contributed by atoms with Gasteiger partial charge in [-0.3, -0.25) is 4.99 Å². The van der Waals surface area contributed by atoms with Gasteiger partial charge in [-0.15, -0.1) is 24.0 Å². The van der Waals surface area contributed by atoms with E-state index in [0.717, 1.165) is 37.7 Å². The standard InChI is InChI=1S/C17H33N3O.HI/c1-3-6-14-7-9-15(10-8-14)20-16(18-4-2)19-13-17(21)11-5-12-17;/h14-15,21H,3-13H2,1-2H3,(H2,18,19,20);1H. The molecule has 0 aliphatic heterocycles. The molecule has 130 valence electrons. The van der Waals surface area contributed by atoms with Crippen LogP contribution in [0.3, 0.4) is 0 Å². The van der Waals surface area contributed by atoms with Crippen molar-refractivity contribution in [3.05, 3.63) is 0 Å². The molecule has 4 nitrogen and oxygen atoms in total. The first-order valence-corrected chi connectivity index (χ1v) is 8.92. The van der Waals surface area contributed by atoms with E-state index in [2.05, 4.69) is 29.5 Å². The van der Waals surface area contributed by atoms with Gasteiger partial charge in [0, 0.05) is 12.6 Å². The average molecular weight is 423 g/mol. The number of nitrogens with one attached hydrogen (secondary N) is 2. The number of hydrogen-bond acceptors (Lipinski definition) is 2. The van der Waals surface area contributed by atoms with Gasteiger partial charge in [-0.1, -0.05) is 19.8 Å². The highest BCUT2D eigenvalue weighted by molar-refractivity contribution is 14.0. The monoisotopic (exact) mass is 423 g/mol. The molecule has 3 N–H and O–H groups in total. The van der Waals surface area contributed by atoms with E-state index in [0.29, 0.717) is 12.6 Å². The summed E-state index contributed by atoms with van der Waals surface area (Å²) in [5.74, 6) is 1.82. The van der Waals surface area contributed by atoms with Gasteiger partial charge in [0.2, 0.25) is 0 Å². The van der Waals surface area contributed by atoms with E-state index in [9.17, 15) is 5.11 Å². The Morgan fingerprint density at radius 1 is 1.18 bits per heavy atom. The average Bonchev–Trinajstić information content (AvgIpc) is 2.45. The largest absolute Gasteiger partial charge is 0.388 e. The second-order valence-corrected chi connectivity index (χ2v) is 6.92. The first-order chi connectivity index (χ1) is 10.1. The van der Waals surface area contributed by atoms with Crippen LogP contribution in [-0.4, -0.2) is 35.8 Å². The van der Waals surface area contributed by atoms with Crippen LogP contribution in [0.4, 0.5) is 0 Å². The minimum atomic E-state index is -0.527. The number of nitrogens with zero attached hydrogens (tertiary/aromatic N) is 1. The SMILES string of the molecule is CCCC1CCC(NC(=NCC2(O)CCC2)NCC)CC1.I. The van der Waals surface area contributed by atoms with Gasteiger partial charge in [0.25, 0.3) is 0 Å². The highest BCUT2D eigenvalue weighted by atomic mass is 127. The van der Waals surface area contributed by atoms with Gasteiger partial charge >= 0.3 is 0 Å². The topological polar surface area (TPSA) is 56.7 Å². The third-order valence-electron chi connectivity index (χ3n) is 5.04. The lowest BCUT2D eigenvalue weighted by molar-refractivity contribution is -0.0236. The van der Waals surface area contributed by atoms with Crippen LogP contribution in [-0.2, 0) is 0 Å². The number of aliphatic imine (C=N–C) groups is 1. The lowest BCUT2D eigenvalue weighted by Gasteiger charge is -2.35. The Morgan fingerprint density at radius 3 is 2.36 bits per heavy atom. The molecule has 2 aliphatic carbocycles. The summed E-state index contributed by atoms with van der Waals surface area (Å²) in [5, 5.41) is 17.0. The molecule has 0 bridgehead atoms. The number of guanidine groups is 1. The molecule has 22 heavy (non-hydrogen) atoms. The Labute approximate surface area is 152 Å². The highest BCUT2D eigenvalue weighted by Gasteiger charge is 2.34. The van der Waals surface area contributed by atoms with Crippen LogP contribution in [0.2, 0.25) is 0 Å². The van der Waals surface area contributed by atoms with Crippen molar-refractivity contribution in [2.45, 2.75) is 83.3 Å². The lowest BCUT2D eigenvalue weighted by Crippen LogP contribution is -2.47. The maximum Gasteiger partial charge on any atom is 0.191 e. The van der Waals surface area contributed by atoms with Crippen LogP contribution >= 0.6 is 24.0 Å². The molecular weight excluding hydrogens is 389 g/mol. The molecule has 0 aromatic carbocycles. The predicted molar refractivity (Wildman–Crippen MR) is 104 cm³/mol.